The molecule has 1 rings (SSSR count). The number of hydrogen-bond acceptors (Lipinski definition) is 2. The van der Waals surface area contributed by atoms with Crippen LogP contribution in [0.25, 0.3) is 0 Å². The van der Waals surface area contributed by atoms with Crippen molar-refractivity contribution in [3.05, 3.63) is 0 Å². The second-order valence-electron chi connectivity index (χ2n) is 1.89. The van der Waals surface area contributed by atoms with E-state index >= 15 is 0 Å². The minimum absolute atomic E-state index is 0.537. The maximum atomic E-state index is 5.42. The third kappa shape index (κ3) is 1.44. The molecule has 0 amide bonds. The summed E-state index contributed by atoms with van der Waals surface area (Å²) in [6, 6.07) is 0. The Morgan fingerprint density at radius 2 is 1.78 bits per heavy atom. The summed E-state index contributed by atoms with van der Waals surface area (Å²) in [5, 5.41) is 0.640. The van der Waals surface area contributed by atoms with Gasteiger partial charge in [0.15, 0.2) is 0 Å². The van der Waals surface area contributed by atoms with Gasteiger partial charge >= 0.3 is 56.2 Å². The van der Waals surface area contributed by atoms with E-state index in [9.17, 15) is 0 Å². The Morgan fingerprint density at radius 1 is 1.11 bits per heavy atom. The summed E-state index contributed by atoms with van der Waals surface area (Å²) in [5.41, 5.74) is 11.9. The van der Waals surface area contributed by atoms with Crippen molar-refractivity contribution in [2.75, 3.05) is 11.5 Å². The molecule has 1 aromatic rings. The van der Waals surface area contributed by atoms with Gasteiger partial charge in [-0.2, -0.15) is 0 Å². The van der Waals surface area contributed by atoms with Gasteiger partial charge in [-0.25, -0.2) is 0 Å². The summed E-state index contributed by atoms with van der Waals surface area (Å²) in [4.78, 5) is 0. The van der Waals surface area contributed by atoms with Gasteiger partial charge in [-0.1, -0.05) is 0 Å². The van der Waals surface area contributed by atoms with Crippen LogP contribution < -0.4 is 16.7 Å². The van der Waals surface area contributed by atoms with E-state index in [1.165, 1.54) is 0 Å². The van der Waals surface area contributed by atoms with Gasteiger partial charge in [-0.05, 0) is 0 Å². The van der Waals surface area contributed by atoms with Gasteiger partial charge in [0, 0.05) is 0 Å². The van der Waals surface area contributed by atoms with E-state index in [1.54, 1.807) is 20.5 Å². The zero-order valence-corrected chi connectivity index (χ0v) is 4.96. The molecule has 9 heavy (non-hydrogen) atoms. The molecule has 0 fully saturated rings. The van der Waals surface area contributed by atoms with Crippen LogP contribution in [0.5, 0.6) is 0 Å². The zero-order chi connectivity index (χ0) is 6.85. The van der Waals surface area contributed by atoms with Crippen LogP contribution in [-0.2, 0) is 0 Å². The summed E-state index contributed by atoms with van der Waals surface area (Å²) in [6.45, 7) is 5.03. The van der Waals surface area contributed by atoms with Crippen LogP contribution in [0.2, 0.25) is 0 Å². The summed E-state index contributed by atoms with van der Waals surface area (Å²) >= 11 is 0. The molecule has 0 spiro atoms. The first-order valence-electron chi connectivity index (χ1n) is 2.60. The molecule has 0 bridgehead atoms. The fourth-order valence-electron chi connectivity index (χ4n) is 0.593. The Balaban J connectivity index is 3.17. The number of rotatable bonds is 0. The van der Waals surface area contributed by atoms with Gasteiger partial charge in [-0.15, -0.1) is 0 Å². The van der Waals surface area contributed by atoms with Crippen LogP contribution in [-0.4, -0.2) is 28.4 Å². The second kappa shape index (κ2) is 2.38. The van der Waals surface area contributed by atoms with Gasteiger partial charge in [0.25, 0.3) is 0 Å². The van der Waals surface area contributed by atoms with Crippen molar-refractivity contribution in [1.82, 2.24) is 0 Å². The van der Waals surface area contributed by atoms with E-state index in [1.807, 2.05) is 0 Å². The van der Waals surface area contributed by atoms with E-state index in [0.29, 0.717) is 16.4 Å². The zero-order valence-electron chi connectivity index (χ0n) is 4.96. The number of nitrogens with two attached hydrogens (primary N) is 2. The van der Waals surface area contributed by atoms with Crippen LogP contribution >= 0.6 is 0 Å². The molecule has 6 heteroatoms. The molecule has 2 nitrogen and oxygen atoms in total. The molecular formula is C3H4B4N2. The third-order valence-corrected chi connectivity index (χ3v) is 1.11. The molecule has 0 unspecified atom stereocenters. The first kappa shape index (κ1) is 6.59. The Labute approximate surface area is 57.0 Å². The fourth-order valence-corrected chi connectivity index (χ4v) is 0.593. The van der Waals surface area contributed by atoms with Crippen molar-refractivity contribution in [3.63, 3.8) is 0 Å². The van der Waals surface area contributed by atoms with Crippen molar-refractivity contribution in [3.8, 4) is 0 Å². The summed E-state index contributed by atoms with van der Waals surface area (Å²) in [6.07, 6.45) is 0. The molecule has 0 atom stereocenters. The van der Waals surface area contributed by atoms with Crippen molar-refractivity contribution < 1.29 is 0 Å². The van der Waals surface area contributed by atoms with Crippen LogP contribution in [0, 0.1) is 0 Å². The molecule has 0 aliphatic carbocycles. The molecule has 0 aliphatic rings. The van der Waals surface area contributed by atoms with E-state index in [-0.39, 0.29) is 0 Å². The average Bonchev–Trinajstić information content (AvgIpc) is 1.80. The molecule has 1 heterocycles. The molecule has 4 N–H and O–H groups in total. The number of anilines is 2. The minimum atomic E-state index is 0.537. The standard InChI is InChI=1S/C3H4B4N2/c4-3-5-1(8)2(9)6-7-3/h8-9H2. The van der Waals surface area contributed by atoms with Gasteiger partial charge in [0.2, 0.25) is 0 Å². The Kier molecular flexibility index (Phi) is 1.74. The fraction of sp³-hybridized carbons (Fsp3) is 0. The van der Waals surface area contributed by atoms with Gasteiger partial charge < -0.3 is 0 Å². The molecular weight excluding hydrogens is 107 g/mol. The van der Waals surface area contributed by atoms with Crippen LogP contribution in [0.1, 0.15) is 0 Å². The SMILES string of the molecule is [B]c1bbc(N)c(N)b1. The second-order valence-corrected chi connectivity index (χ2v) is 1.89. The molecule has 1 aromatic heterocycles. The van der Waals surface area contributed by atoms with Crippen LogP contribution in [0.3, 0.4) is 0 Å². The summed E-state index contributed by atoms with van der Waals surface area (Å²) in [7, 11) is 5.39. The van der Waals surface area contributed by atoms with Crippen LogP contribution in [0.4, 0.5) is 11.2 Å². The molecule has 0 aliphatic heterocycles. The first-order chi connectivity index (χ1) is 4.20. The van der Waals surface area contributed by atoms with Crippen molar-refractivity contribution >= 4 is 44.8 Å². The molecule has 38 valence electrons. The topological polar surface area (TPSA) is 52.0 Å². The van der Waals surface area contributed by atoms with E-state index in [4.69, 9.17) is 19.3 Å². The van der Waals surface area contributed by atoms with Gasteiger partial charge in [0.1, 0.15) is 0 Å². The quantitative estimate of drug-likeness (QED) is 0.369. The van der Waals surface area contributed by atoms with Gasteiger partial charge in [0.05, 0.1) is 0 Å². The predicted octanol–water partition coefficient (Wildman–Crippen LogP) is -2.34. The first-order valence-corrected chi connectivity index (χ1v) is 2.60. The molecule has 0 saturated carbocycles. The van der Waals surface area contributed by atoms with E-state index in [0.717, 1.165) is 0 Å². The monoisotopic (exact) mass is 112 g/mol. The van der Waals surface area contributed by atoms with Gasteiger partial charge in [-0.3, -0.25) is 0 Å². The molecule has 0 aromatic carbocycles. The maximum absolute atomic E-state index is 5.42. The Hall–Kier alpha value is -0.530. The van der Waals surface area contributed by atoms with Crippen molar-refractivity contribution in [2.24, 2.45) is 0 Å². The normalized spacial score (nSPS) is 8.00. The van der Waals surface area contributed by atoms with E-state index in [2.05, 4.69) is 0 Å². The Morgan fingerprint density at radius 3 is 2.22 bits per heavy atom. The third-order valence-electron chi connectivity index (χ3n) is 1.11. The predicted molar refractivity (Wildman–Crippen MR) is 44.7 cm³/mol. The number of hydrogen-bond donors (Lipinski definition) is 2. The Bertz CT molecular complexity index is 225. The summed E-state index contributed by atoms with van der Waals surface area (Å²) < 4.78 is 0. The van der Waals surface area contributed by atoms with E-state index < -0.39 is 0 Å². The average molecular weight is 111 g/mol. The van der Waals surface area contributed by atoms with Crippen LogP contribution in [0.15, 0.2) is 0 Å². The molecule has 0 saturated heterocycles. The van der Waals surface area contributed by atoms with Crippen molar-refractivity contribution in [2.45, 2.75) is 0 Å². The summed E-state index contributed by atoms with van der Waals surface area (Å²) in [5.74, 6) is 0. The van der Waals surface area contributed by atoms with Crippen molar-refractivity contribution in [1.29, 1.82) is 0 Å². The molecule has 2 radical (unpaired) electrons. The number of nitrogen functional groups attached to an aromatic ring is 2.